The third kappa shape index (κ3) is 5.04. The van der Waals surface area contributed by atoms with Gasteiger partial charge in [-0.2, -0.15) is 0 Å². The van der Waals surface area contributed by atoms with Crippen molar-refractivity contribution in [3.05, 3.63) is 0 Å². The summed E-state index contributed by atoms with van der Waals surface area (Å²) in [6.07, 6.45) is -0.750. The van der Waals surface area contributed by atoms with E-state index in [1.54, 1.807) is 6.92 Å². The molecule has 0 heterocycles. The molecule has 0 aromatic heterocycles. The van der Waals surface area contributed by atoms with Crippen LogP contribution in [-0.2, 0) is 4.74 Å². The van der Waals surface area contributed by atoms with Crippen LogP contribution in [0, 0.1) is 11.3 Å². The van der Waals surface area contributed by atoms with Crippen LogP contribution >= 0.6 is 12.4 Å². The molecule has 0 fully saturated rings. The van der Waals surface area contributed by atoms with Gasteiger partial charge in [-0.05, 0) is 12.8 Å². The fourth-order valence-electron chi connectivity index (χ4n) is 0.544. The molecule has 11 heavy (non-hydrogen) atoms. The summed E-state index contributed by atoms with van der Waals surface area (Å²) in [5.41, 5.74) is 0. The topological polar surface area (TPSA) is 53.3 Å². The molecule has 0 bridgehead atoms. The predicted octanol–water partition coefficient (Wildman–Crippen LogP) is 1.44. The second kappa shape index (κ2) is 6.43. The minimum Gasteiger partial charge on any atom is -0.480 e. The van der Waals surface area contributed by atoms with Gasteiger partial charge in [0.1, 0.15) is 6.10 Å². The molecule has 68 valence electrons. The Morgan fingerprint density at radius 2 is 2.00 bits per heavy atom. The Morgan fingerprint density at radius 3 is 2.27 bits per heavy atom. The Hall–Kier alpha value is -0.280. The highest BCUT2D eigenvalue weighted by atomic mass is 35.5. The largest absolute Gasteiger partial charge is 0.480 e. The van der Waals surface area contributed by atoms with Crippen LogP contribution in [0.3, 0.4) is 0 Å². The highest BCUT2D eigenvalue weighted by Crippen LogP contribution is 2.02. The molecule has 0 spiro atoms. The number of nitrogens with one attached hydrogen (secondary N) is 1. The molecule has 0 radical (unpaired) electrons. The molecular weight excluding hydrogens is 166 g/mol. The summed E-state index contributed by atoms with van der Waals surface area (Å²) < 4.78 is 4.80. The van der Waals surface area contributed by atoms with Crippen molar-refractivity contribution >= 4 is 18.3 Å². The second-order valence-electron chi connectivity index (χ2n) is 2.49. The molecule has 2 N–H and O–H groups in total. The Morgan fingerprint density at radius 1 is 1.55 bits per heavy atom. The first kappa shape index (κ1) is 13.3. The van der Waals surface area contributed by atoms with E-state index in [0.717, 1.165) is 0 Å². The van der Waals surface area contributed by atoms with Gasteiger partial charge in [-0.1, -0.05) is 13.8 Å². The highest BCUT2D eigenvalue weighted by molar-refractivity contribution is 5.85. The lowest BCUT2D eigenvalue weighted by Gasteiger charge is -2.14. The molecular formula is C7H16ClNO2. The summed E-state index contributed by atoms with van der Waals surface area (Å²) in [5.74, 6) is 0.0246. The number of halogens is 1. The molecule has 1 unspecified atom stereocenters. The molecule has 0 aromatic carbocycles. The molecule has 0 rings (SSSR count). The quantitative estimate of drug-likeness (QED) is 0.512. The van der Waals surface area contributed by atoms with E-state index in [2.05, 4.69) is 0 Å². The molecule has 1 atom stereocenters. The smallest absolute Gasteiger partial charge is 0.210 e. The molecule has 0 amide bonds. The van der Waals surface area contributed by atoms with Crippen LogP contribution in [0.2, 0.25) is 0 Å². The third-order valence-corrected chi connectivity index (χ3v) is 1.20. The van der Waals surface area contributed by atoms with Crippen molar-refractivity contribution in [2.45, 2.75) is 26.9 Å². The van der Waals surface area contributed by atoms with Crippen LogP contribution in [0.15, 0.2) is 0 Å². The summed E-state index contributed by atoms with van der Waals surface area (Å²) >= 11 is 0. The van der Waals surface area contributed by atoms with E-state index in [0.29, 0.717) is 6.61 Å². The van der Waals surface area contributed by atoms with E-state index < -0.39 is 6.10 Å². The first-order valence-electron chi connectivity index (χ1n) is 3.48. The maximum atomic E-state index is 9.18. The predicted molar refractivity (Wildman–Crippen MR) is 47.4 cm³/mol. The van der Waals surface area contributed by atoms with Gasteiger partial charge in [-0.3, -0.25) is 5.41 Å². The Labute approximate surface area is 73.7 Å². The van der Waals surface area contributed by atoms with Crippen molar-refractivity contribution in [1.29, 1.82) is 5.41 Å². The van der Waals surface area contributed by atoms with Gasteiger partial charge in [-0.25, -0.2) is 0 Å². The number of aliphatic hydroxyl groups is 1. The van der Waals surface area contributed by atoms with Gasteiger partial charge in [0, 0.05) is 0 Å². The number of aliphatic hydroxyl groups excluding tert-OH is 1. The molecule has 0 aliphatic rings. The Kier molecular flexibility index (Phi) is 7.79. The van der Waals surface area contributed by atoms with Gasteiger partial charge in [0.25, 0.3) is 0 Å². The van der Waals surface area contributed by atoms with Crippen molar-refractivity contribution in [3.63, 3.8) is 0 Å². The summed E-state index contributed by atoms with van der Waals surface area (Å²) in [6, 6.07) is 0. The van der Waals surface area contributed by atoms with E-state index in [9.17, 15) is 5.11 Å². The van der Waals surface area contributed by atoms with Crippen molar-refractivity contribution < 1.29 is 9.84 Å². The summed E-state index contributed by atoms with van der Waals surface area (Å²) in [4.78, 5) is 0. The lowest BCUT2D eigenvalue weighted by atomic mass is 10.1. The maximum absolute atomic E-state index is 9.18. The van der Waals surface area contributed by atoms with Crippen molar-refractivity contribution in [3.8, 4) is 0 Å². The Bertz CT molecular complexity index is 117. The van der Waals surface area contributed by atoms with Gasteiger partial charge >= 0.3 is 0 Å². The van der Waals surface area contributed by atoms with Crippen LogP contribution in [0.4, 0.5) is 0 Å². The van der Waals surface area contributed by atoms with E-state index in [4.69, 9.17) is 10.1 Å². The third-order valence-electron chi connectivity index (χ3n) is 1.20. The zero-order valence-electron chi connectivity index (χ0n) is 7.13. The first-order valence-corrected chi connectivity index (χ1v) is 3.48. The lowest BCUT2D eigenvalue weighted by Crippen LogP contribution is -2.27. The van der Waals surface area contributed by atoms with E-state index >= 15 is 0 Å². The van der Waals surface area contributed by atoms with Gasteiger partial charge in [0.05, 0.1) is 6.61 Å². The maximum Gasteiger partial charge on any atom is 0.210 e. The summed E-state index contributed by atoms with van der Waals surface area (Å²) in [7, 11) is 0. The number of hydrogen-bond donors (Lipinski definition) is 2. The van der Waals surface area contributed by atoms with Gasteiger partial charge in [-0.15, -0.1) is 12.4 Å². The summed E-state index contributed by atoms with van der Waals surface area (Å²) in [5, 5.41) is 16.3. The standard InChI is InChI=1S/C7H15NO2.ClH/c1-4-10-7(8)6(9)5(2)3;/h5-6,8-9H,4H2,1-3H3;1H. The minimum atomic E-state index is -0.750. The zero-order chi connectivity index (χ0) is 8.15. The molecule has 4 heteroatoms. The van der Waals surface area contributed by atoms with Crippen LogP contribution in [-0.4, -0.2) is 23.7 Å². The zero-order valence-corrected chi connectivity index (χ0v) is 7.94. The fourth-order valence-corrected chi connectivity index (χ4v) is 0.544. The van der Waals surface area contributed by atoms with Crippen molar-refractivity contribution in [2.75, 3.05) is 6.61 Å². The fraction of sp³-hybridized carbons (Fsp3) is 0.857. The molecule has 0 aliphatic heterocycles. The van der Waals surface area contributed by atoms with E-state index in [1.807, 2.05) is 13.8 Å². The van der Waals surface area contributed by atoms with Crippen LogP contribution < -0.4 is 0 Å². The highest BCUT2D eigenvalue weighted by Gasteiger charge is 2.15. The van der Waals surface area contributed by atoms with Gasteiger partial charge in [0.2, 0.25) is 5.90 Å². The number of ether oxygens (including phenoxy) is 1. The van der Waals surface area contributed by atoms with Gasteiger partial charge < -0.3 is 9.84 Å². The lowest BCUT2D eigenvalue weighted by molar-refractivity contribution is 0.149. The molecule has 0 saturated carbocycles. The molecule has 0 saturated heterocycles. The van der Waals surface area contributed by atoms with E-state index in [-0.39, 0.29) is 24.2 Å². The van der Waals surface area contributed by atoms with Crippen molar-refractivity contribution in [2.24, 2.45) is 5.92 Å². The molecule has 0 aromatic rings. The SMILES string of the molecule is CCOC(=N)C(O)C(C)C.Cl. The average molecular weight is 182 g/mol. The van der Waals surface area contributed by atoms with Crippen LogP contribution in [0.1, 0.15) is 20.8 Å². The number of hydrogen-bond acceptors (Lipinski definition) is 3. The average Bonchev–Trinajstić information content (AvgIpc) is 1.87. The monoisotopic (exact) mass is 181 g/mol. The van der Waals surface area contributed by atoms with Crippen molar-refractivity contribution in [1.82, 2.24) is 0 Å². The number of rotatable bonds is 3. The summed E-state index contributed by atoms with van der Waals surface area (Å²) in [6.45, 7) is 5.93. The minimum absolute atomic E-state index is 0. The van der Waals surface area contributed by atoms with E-state index in [1.165, 1.54) is 0 Å². The molecule has 3 nitrogen and oxygen atoms in total. The van der Waals surface area contributed by atoms with Crippen LogP contribution in [0.5, 0.6) is 0 Å². The molecule has 0 aliphatic carbocycles. The second-order valence-corrected chi connectivity index (χ2v) is 2.49. The van der Waals surface area contributed by atoms with Gasteiger partial charge in [0.15, 0.2) is 0 Å². The van der Waals surface area contributed by atoms with Crippen LogP contribution in [0.25, 0.3) is 0 Å². The normalized spacial score (nSPS) is 12.1. The Balaban J connectivity index is 0. The first-order chi connectivity index (χ1) is 4.59.